The molecule has 0 spiro atoms. The maximum atomic E-state index is 12.7. The van der Waals surface area contributed by atoms with Crippen molar-refractivity contribution in [3.8, 4) is 10.4 Å². The second-order valence-electron chi connectivity index (χ2n) is 7.00. The monoisotopic (exact) mass is 392 g/mol. The van der Waals surface area contributed by atoms with Crippen molar-refractivity contribution in [2.75, 3.05) is 36.1 Å². The minimum Gasteiger partial charge on any atom is -0.397 e. The fraction of sp³-hybridized carbons (Fsp3) is 0.227. The van der Waals surface area contributed by atoms with E-state index in [1.807, 2.05) is 61.0 Å². The zero-order valence-corrected chi connectivity index (χ0v) is 16.6. The number of amides is 1. The summed E-state index contributed by atoms with van der Waals surface area (Å²) in [4.78, 5) is 16.2. The fourth-order valence-electron chi connectivity index (χ4n) is 3.51. The molecule has 4 rings (SSSR count). The zero-order chi connectivity index (χ0) is 19.5. The molecule has 3 aromatic rings. The molecule has 0 bridgehead atoms. The van der Waals surface area contributed by atoms with Crippen LogP contribution in [0, 0.1) is 0 Å². The number of hydrogen-bond donors (Lipinski definition) is 3. The van der Waals surface area contributed by atoms with Gasteiger partial charge in [-0.3, -0.25) is 4.79 Å². The summed E-state index contributed by atoms with van der Waals surface area (Å²) in [5, 5.41) is 8.31. The first-order chi connectivity index (χ1) is 13.6. The van der Waals surface area contributed by atoms with Crippen molar-refractivity contribution in [2.45, 2.75) is 12.5 Å². The van der Waals surface area contributed by atoms with Crippen LogP contribution in [0.5, 0.6) is 0 Å². The number of hydrogen-bond acceptors (Lipinski definition) is 5. The molecule has 4 N–H and O–H groups in total. The third-order valence-corrected chi connectivity index (χ3v) is 6.12. The predicted molar refractivity (Wildman–Crippen MR) is 118 cm³/mol. The Hall–Kier alpha value is -2.83. The summed E-state index contributed by atoms with van der Waals surface area (Å²) in [6.45, 7) is 2.02. The molecule has 2 aromatic carbocycles. The highest BCUT2D eigenvalue weighted by Gasteiger charge is 2.21. The van der Waals surface area contributed by atoms with Crippen molar-refractivity contribution in [1.29, 1.82) is 0 Å². The van der Waals surface area contributed by atoms with E-state index in [0.717, 1.165) is 35.6 Å². The van der Waals surface area contributed by atoms with Crippen LogP contribution in [0.4, 0.5) is 17.1 Å². The fourth-order valence-corrected chi connectivity index (χ4v) is 4.23. The molecule has 0 radical (unpaired) electrons. The van der Waals surface area contributed by atoms with Crippen LogP contribution in [0.1, 0.15) is 16.8 Å². The molecule has 144 valence electrons. The first-order valence-corrected chi connectivity index (χ1v) is 10.3. The number of anilines is 3. The molecule has 1 aromatic heterocycles. The number of thiophene rings is 1. The Morgan fingerprint density at radius 1 is 1.18 bits per heavy atom. The molecule has 0 aliphatic carbocycles. The summed E-state index contributed by atoms with van der Waals surface area (Å²) in [7, 11) is 2.00. The second-order valence-corrected chi connectivity index (χ2v) is 7.95. The standard InChI is InChI=1S/C22H24N4OS/c1-24-17-10-11-26(14-17)18-7-4-15(5-8-18)22(27)25-20-13-16(6-9-19(20)23)21-3-2-12-28-21/h2-9,12-13,17,24H,10-11,14,23H2,1H3,(H,25,27)/t17-/m0/s1. The SMILES string of the molecule is CN[C@H]1CCN(c2ccc(C(=O)Nc3cc(-c4cccs4)ccc3N)cc2)C1. The van der Waals surface area contributed by atoms with Crippen molar-refractivity contribution in [2.24, 2.45) is 0 Å². The summed E-state index contributed by atoms with van der Waals surface area (Å²) < 4.78 is 0. The molecule has 2 heterocycles. The van der Waals surface area contributed by atoms with Crippen LogP contribution in [-0.2, 0) is 0 Å². The molecule has 1 fully saturated rings. The highest BCUT2D eigenvalue weighted by atomic mass is 32.1. The third-order valence-electron chi connectivity index (χ3n) is 5.20. The molecule has 0 unspecified atom stereocenters. The molecule has 1 saturated heterocycles. The molecular formula is C22H24N4OS. The molecule has 28 heavy (non-hydrogen) atoms. The van der Waals surface area contributed by atoms with Gasteiger partial charge in [0, 0.05) is 35.3 Å². The maximum absolute atomic E-state index is 12.7. The molecule has 6 heteroatoms. The van der Waals surface area contributed by atoms with Gasteiger partial charge in [-0.1, -0.05) is 12.1 Å². The highest BCUT2D eigenvalue weighted by molar-refractivity contribution is 7.13. The van der Waals surface area contributed by atoms with Gasteiger partial charge in [0.15, 0.2) is 0 Å². The Balaban J connectivity index is 1.47. The number of nitrogens with one attached hydrogen (secondary N) is 2. The number of nitrogens with two attached hydrogens (primary N) is 1. The van der Waals surface area contributed by atoms with Crippen LogP contribution in [0.15, 0.2) is 60.0 Å². The molecule has 1 aliphatic rings. The van der Waals surface area contributed by atoms with Crippen molar-refractivity contribution in [3.63, 3.8) is 0 Å². The first kappa shape index (κ1) is 18.5. The van der Waals surface area contributed by atoms with Gasteiger partial charge in [-0.05, 0) is 66.9 Å². The summed E-state index contributed by atoms with van der Waals surface area (Å²) in [5.41, 5.74) is 10.1. The lowest BCUT2D eigenvalue weighted by atomic mass is 10.1. The van der Waals surface area contributed by atoms with E-state index in [-0.39, 0.29) is 5.91 Å². The van der Waals surface area contributed by atoms with Gasteiger partial charge in [0.2, 0.25) is 0 Å². The Morgan fingerprint density at radius 3 is 2.68 bits per heavy atom. The third kappa shape index (κ3) is 3.88. The second kappa shape index (κ2) is 8.04. The maximum Gasteiger partial charge on any atom is 0.255 e. The summed E-state index contributed by atoms with van der Waals surface area (Å²) in [5.74, 6) is -0.156. The van der Waals surface area contributed by atoms with E-state index in [1.54, 1.807) is 11.3 Å². The Bertz CT molecular complexity index is 953. The number of rotatable bonds is 5. The number of benzene rings is 2. The van der Waals surface area contributed by atoms with Crippen LogP contribution in [0.3, 0.4) is 0 Å². The van der Waals surface area contributed by atoms with Crippen LogP contribution >= 0.6 is 11.3 Å². The lowest BCUT2D eigenvalue weighted by Crippen LogP contribution is -2.29. The highest BCUT2D eigenvalue weighted by Crippen LogP contribution is 2.30. The van der Waals surface area contributed by atoms with Crippen molar-refractivity contribution < 1.29 is 4.79 Å². The van der Waals surface area contributed by atoms with Gasteiger partial charge in [-0.25, -0.2) is 0 Å². The van der Waals surface area contributed by atoms with Gasteiger partial charge in [0.1, 0.15) is 0 Å². The Kier molecular flexibility index (Phi) is 5.32. The van der Waals surface area contributed by atoms with Gasteiger partial charge in [-0.15, -0.1) is 11.3 Å². The van der Waals surface area contributed by atoms with Crippen LogP contribution in [0.2, 0.25) is 0 Å². The predicted octanol–water partition coefficient (Wildman–Crippen LogP) is 4.05. The average molecular weight is 393 g/mol. The number of carbonyl (C=O) groups is 1. The van der Waals surface area contributed by atoms with Crippen LogP contribution in [0.25, 0.3) is 10.4 Å². The molecule has 0 saturated carbocycles. The van der Waals surface area contributed by atoms with E-state index >= 15 is 0 Å². The van der Waals surface area contributed by atoms with E-state index < -0.39 is 0 Å². The van der Waals surface area contributed by atoms with E-state index in [4.69, 9.17) is 5.73 Å². The van der Waals surface area contributed by atoms with Crippen LogP contribution < -0.4 is 21.3 Å². The largest absolute Gasteiger partial charge is 0.397 e. The molecular weight excluding hydrogens is 368 g/mol. The normalized spacial score (nSPS) is 16.3. The quantitative estimate of drug-likeness (QED) is 0.573. The van der Waals surface area contributed by atoms with E-state index in [9.17, 15) is 4.79 Å². The van der Waals surface area contributed by atoms with Gasteiger partial charge >= 0.3 is 0 Å². The molecule has 1 amide bonds. The van der Waals surface area contributed by atoms with E-state index in [0.29, 0.717) is 23.0 Å². The lowest BCUT2D eigenvalue weighted by Gasteiger charge is -2.19. The van der Waals surface area contributed by atoms with Gasteiger partial charge in [-0.2, -0.15) is 0 Å². The van der Waals surface area contributed by atoms with Crippen molar-refractivity contribution >= 4 is 34.3 Å². The van der Waals surface area contributed by atoms with Gasteiger partial charge in [0.05, 0.1) is 11.4 Å². The first-order valence-electron chi connectivity index (χ1n) is 9.41. The minimum absolute atomic E-state index is 0.156. The topological polar surface area (TPSA) is 70.4 Å². The van der Waals surface area contributed by atoms with Gasteiger partial charge < -0.3 is 21.3 Å². The van der Waals surface area contributed by atoms with Crippen molar-refractivity contribution in [3.05, 3.63) is 65.5 Å². The number of nitrogens with zero attached hydrogens (tertiary/aromatic N) is 1. The summed E-state index contributed by atoms with van der Waals surface area (Å²) >= 11 is 1.66. The molecule has 5 nitrogen and oxygen atoms in total. The average Bonchev–Trinajstić information content (AvgIpc) is 3.42. The molecule has 1 atom stereocenters. The minimum atomic E-state index is -0.156. The number of carbonyl (C=O) groups excluding carboxylic acids is 1. The van der Waals surface area contributed by atoms with Gasteiger partial charge in [0.25, 0.3) is 5.91 Å². The van der Waals surface area contributed by atoms with Crippen molar-refractivity contribution in [1.82, 2.24) is 5.32 Å². The lowest BCUT2D eigenvalue weighted by molar-refractivity contribution is 0.102. The summed E-state index contributed by atoms with van der Waals surface area (Å²) in [6.07, 6.45) is 1.14. The Morgan fingerprint density at radius 2 is 2.00 bits per heavy atom. The Labute approximate surface area is 169 Å². The zero-order valence-electron chi connectivity index (χ0n) is 15.8. The summed E-state index contributed by atoms with van der Waals surface area (Å²) in [6, 6.07) is 18.1. The van der Waals surface area contributed by atoms with Crippen LogP contribution in [-0.4, -0.2) is 32.1 Å². The van der Waals surface area contributed by atoms with E-state index in [2.05, 4.69) is 21.6 Å². The molecule has 1 aliphatic heterocycles. The smallest absolute Gasteiger partial charge is 0.255 e. The van der Waals surface area contributed by atoms with E-state index in [1.165, 1.54) is 0 Å². The number of likely N-dealkylation sites (N-methyl/N-ethyl adjacent to an activating group) is 1. The number of nitrogen functional groups attached to an aromatic ring is 1.